The van der Waals surface area contributed by atoms with Crippen LogP contribution in [0.3, 0.4) is 0 Å². The SMILES string of the molecule is C=Cc1ccc(C(CC)CCC[N+](C)(C)C)cc1.[Br-]. The molecule has 1 nitrogen and oxygen atoms in total. The van der Waals surface area contributed by atoms with Gasteiger partial charge >= 0.3 is 0 Å². The van der Waals surface area contributed by atoms with E-state index in [1.165, 1.54) is 36.9 Å². The highest BCUT2D eigenvalue weighted by Gasteiger charge is 2.12. The summed E-state index contributed by atoms with van der Waals surface area (Å²) in [6.45, 7) is 7.34. The van der Waals surface area contributed by atoms with E-state index in [4.69, 9.17) is 0 Å². The van der Waals surface area contributed by atoms with Crippen LogP contribution in [-0.2, 0) is 0 Å². The predicted octanol–water partition coefficient (Wildman–Crippen LogP) is 1.31. The van der Waals surface area contributed by atoms with Gasteiger partial charge in [0.25, 0.3) is 0 Å². The minimum atomic E-state index is 0. The van der Waals surface area contributed by atoms with Crippen molar-refractivity contribution in [2.45, 2.75) is 32.1 Å². The molecule has 1 unspecified atom stereocenters. The summed E-state index contributed by atoms with van der Waals surface area (Å²) >= 11 is 0. The molecule has 0 saturated carbocycles. The summed E-state index contributed by atoms with van der Waals surface area (Å²) in [5.41, 5.74) is 2.68. The Morgan fingerprint density at radius 2 is 1.74 bits per heavy atom. The summed E-state index contributed by atoms with van der Waals surface area (Å²) in [6, 6.07) is 8.86. The molecule has 0 fully saturated rings. The zero-order valence-corrected chi connectivity index (χ0v) is 14.4. The second kappa shape index (κ2) is 8.55. The molecule has 0 aromatic heterocycles. The molecular formula is C17H28BrN. The Hall–Kier alpha value is -0.600. The molecule has 0 aliphatic rings. The normalized spacial score (nSPS) is 12.6. The number of hydrogen-bond donors (Lipinski definition) is 0. The first-order valence-corrected chi connectivity index (χ1v) is 6.99. The fourth-order valence-electron chi connectivity index (χ4n) is 2.32. The minimum Gasteiger partial charge on any atom is -1.00 e. The molecule has 0 saturated heterocycles. The van der Waals surface area contributed by atoms with Crippen molar-refractivity contribution in [1.29, 1.82) is 0 Å². The summed E-state index contributed by atoms with van der Waals surface area (Å²) < 4.78 is 1.06. The quantitative estimate of drug-likeness (QED) is 0.663. The molecule has 0 aliphatic carbocycles. The molecule has 0 N–H and O–H groups in total. The lowest BCUT2D eigenvalue weighted by atomic mass is 9.91. The van der Waals surface area contributed by atoms with Crippen molar-refractivity contribution in [2.24, 2.45) is 0 Å². The van der Waals surface area contributed by atoms with Crippen LogP contribution in [0.2, 0.25) is 0 Å². The van der Waals surface area contributed by atoms with Gasteiger partial charge in [0.1, 0.15) is 0 Å². The molecule has 0 aliphatic heterocycles. The molecule has 0 amide bonds. The Labute approximate surface area is 129 Å². The third-order valence-electron chi connectivity index (χ3n) is 3.52. The van der Waals surface area contributed by atoms with E-state index in [1.54, 1.807) is 0 Å². The molecule has 0 spiro atoms. The molecular weight excluding hydrogens is 298 g/mol. The van der Waals surface area contributed by atoms with Crippen LogP contribution in [0.4, 0.5) is 0 Å². The van der Waals surface area contributed by atoms with Gasteiger partial charge in [-0.1, -0.05) is 43.8 Å². The number of nitrogens with zero attached hydrogens (tertiary/aromatic N) is 1. The maximum absolute atomic E-state index is 3.80. The van der Waals surface area contributed by atoms with E-state index >= 15 is 0 Å². The van der Waals surface area contributed by atoms with Gasteiger partial charge in [0.2, 0.25) is 0 Å². The van der Waals surface area contributed by atoms with Crippen LogP contribution in [0.5, 0.6) is 0 Å². The van der Waals surface area contributed by atoms with Crippen molar-refractivity contribution in [3.8, 4) is 0 Å². The first-order valence-electron chi connectivity index (χ1n) is 6.99. The summed E-state index contributed by atoms with van der Waals surface area (Å²) in [7, 11) is 6.79. The van der Waals surface area contributed by atoms with Crippen molar-refractivity contribution in [2.75, 3.05) is 27.7 Å². The molecule has 1 aromatic rings. The van der Waals surface area contributed by atoms with Crippen molar-refractivity contribution >= 4 is 6.08 Å². The summed E-state index contributed by atoms with van der Waals surface area (Å²) in [4.78, 5) is 0. The molecule has 0 bridgehead atoms. The highest BCUT2D eigenvalue weighted by molar-refractivity contribution is 5.47. The van der Waals surface area contributed by atoms with Crippen LogP contribution in [-0.4, -0.2) is 32.2 Å². The molecule has 108 valence electrons. The average Bonchev–Trinajstić information content (AvgIpc) is 2.34. The van der Waals surface area contributed by atoms with E-state index in [0.29, 0.717) is 5.92 Å². The fourth-order valence-corrected chi connectivity index (χ4v) is 2.32. The first-order chi connectivity index (χ1) is 8.46. The number of halogens is 1. The Kier molecular flexibility index (Phi) is 8.28. The number of benzene rings is 1. The largest absolute Gasteiger partial charge is 1.00 e. The first kappa shape index (κ1) is 18.4. The highest BCUT2D eigenvalue weighted by atomic mass is 79.9. The summed E-state index contributed by atoms with van der Waals surface area (Å²) in [5, 5.41) is 0. The third-order valence-corrected chi connectivity index (χ3v) is 3.52. The van der Waals surface area contributed by atoms with Crippen molar-refractivity contribution in [3.63, 3.8) is 0 Å². The highest BCUT2D eigenvalue weighted by Crippen LogP contribution is 2.25. The molecule has 1 aromatic carbocycles. The molecule has 2 heteroatoms. The van der Waals surface area contributed by atoms with Crippen LogP contribution < -0.4 is 17.0 Å². The van der Waals surface area contributed by atoms with Crippen molar-refractivity contribution in [3.05, 3.63) is 42.0 Å². The molecule has 0 heterocycles. The maximum atomic E-state index is 3.80. The Balaban J connectivity index is 0.00000324. The maximum Gasteiger partial charge on any atom is 0.0780 e. The van der Waals surface area contributed by atoms with Gasteiger partial charge in [0.05, 0.1) is 27.7 Å². The Morgan fingerprint density at radius 3 is 2.16 bits per heavy atom. The van der Waals surface area contributed by atoms with Gasteiger partial charge in [-0.15, -0.1) is 0 Å². The van der Waals surface area contributed by atoms with E-state index in [1.807, 2.05) is 6.08 Å². The lowest BCUT2D eigenvalue weighted by molar-refractivity contribution is -0.870. The molecule has 1 atom stereocenters. The second-order valence-electron chi connectivity index (χ2n) is 6.13. The fraction of sp³-hybridized carbons (Fsp3) is 0.529. The second-order valence-corrected chi connectivity index (χ2v) is 6.13. The molecule has 19 heavy (non-hydrogen) atoms. The van der Waals surface area contributed by atoms with Gasteiger partial charge in [-0.2, -0.15) is 0 Å². The zero-order chi connectivity index (χ0) is 13.6. The van der Waals surface area contributed by atoms with E-state index < -0.39 is 0 Å². The topological polar surface area (TPSA) is 0 Å². The molecule has 1 rings (SSSR count). The summed E-state index contributed by atoms with van der Waals surface area (Å²) in [5.74, 6) is 0.704. The summed E-state index contributed by atoms with van der Waals surface area (Å²) in [6.07, 6.45) is 5.72. The number of rotatable bonds is 7. The van der Waals surface area contributed by atoms with Gasteiger partial charge in [0, 0.05) is 0 Å². The van der Waals surface area contributed by atoms with E-state index in [2.05, 4.69) is 58.9 Å². The van der Waals surface area contributed by atoms with Crippen molar-refractivity contribution < 1.29 is 21.5 Å². The van der Waals surface area contributed by atoms with E-state index in [9.17, 15) is 0 Å². The Bertz CT molecular complexity index is 362. The van der Waals surface area contributed by atoms with Crippen LogP contribution in [0.15, 0.2) is 30.8 Å². The lowest BCUT2D eigenvalue weighted by Crippen LogP contribution is -3.00. The number of quaternary nitrogens is 1. The predicted molar refractivity (Wildman–Crippen MR) is 81.7 cm³/mol. The van der Waals surface area contributed by atoms with Crippen LogP contribution in [0, 0.1) is 0 Å². The minimum absolute atomic E-state index is 0. The standard InChI is InChI=1S/C17H28N.BrH/c1-6-15-10-12-17(13-11-15)16(7-2)9-8-14-18(3,4)5;/h6,10-13,16H,1,7-9,14H2,2-5H3;1H/q+1;/p-1. The number of hydrogen-bond acceptors (Lipinski definition) is 0. The third kappa shape index (κ3) is 6.93. The lowest BCUT2D eigenvalue weighted by Gasteiger charge is -2.25. The zero-order valence-electron chi connectivity index (χ0n) is 12.8. The van der Waals surface area contributed by atoms with Crippen LogP contribution >= 0.6 is 0 Å². The van der Waals surface area contributed by atoms with Gasteiger partial charge < -0.3 is 21.5 Å². The van der Waals surface area contributed by atoms with Crippen LogP contribution in [0.25, 0.3) is 6.08 Å². The van der Waals surface area contributed by atoms with Gasteiger partial charge in [-0.25, -0.2) is 0 Å². The smallest absolute Gasteiger partial charge is 0.0780 e. The van der Waals surface area contributed by atoms with Gasteiger partial charge in [-0.3, -0.25) is 0 Å². The van der Waals surface area contributed by atoms with Gasteiger partial charge in [-0.05, 0) is 36.3 Å². The van der Waals surface area contributed by atoms with Crippen molar-refractivity contribution in [1.82, 2.24) is 0 Å². The van der Waals surface area contributed by atoms with E-state index in [-0.39, 0.29) is 17.0 Å². The Morgan fingerprint density at radius 1 is 1.16 bits per heavy atom. The van der Waals surface area contributed by atoms with Gasteiger partial charge in [0.15, 0.2) is 0 Å². The molecule has 0 radical (unpaired) electrons. The van der Waals surface area contributed by atoms with E-state index in [0.717, 1.165) is 4.48 Å². The monoisotopic (exact) mass is 325 g/mol. The van der Waals surface area contributed by atoms with Crippen LogP contribution in [0.1, 0.15) is 43.2 Å². The average molecular weight is 326 g/mol.